The molecular weight excluding hydrogens is 280 g/mol. The summed E-state index contributed by atoms with van der Waals surface area (Å²) in [5.74, 6) is -1.36. The van der Waals surface area contributed by atoms with Crippen LogP contribution in [0.4, 0.5) is 0 Å². The molecule has 2 heterocycles. The third kappa shape index (κ3) is 2.77. The van der Waals surface area contributed by atoms with E-state index in [4.69, 9.17) is 11.6 Å². The van der Waals surface area contributed by atoms with Crippen LogP contribution in [0.2, 0.25) is 5.15 Å². The second kappa shape index (κ2) is 5.40. The topological polar surface area (TPSA) is 70.5 Å². The van der Waals surface area contributed by atoms with Gasteiger partial charge in [0.15, 0.2) is 0 Å². The highest BCUT2D eigenvalue weighted by atomic mass is 35.5. The van der Waals surface area contributed by atoms with E-state index in [9.17, 15) is 14.7 Å². The molecule has 1 amide bonds. The zero-order valence-corrected chi connectivity index (χ0v) is 12.2. The average Bonchev–Trinajstić information content (AvgIpc) is 2.35. The lowest BCUT2D eigenvalue weighted by Gasteiger charge is -2.43. The lowest BCUT2D eigenvalue weighted by molar-refractivity contribution is -0.148. The molecule has 0 aromatic carbocycles. The predicted molar refractivity (Wildman–Crippen MR) is 74.7 cm³/mol. The van der Waals surface area contributed by atoms with Crippen LogP contribution in [-0.2, 0) is 4.79 Å². The summed E-state index contributed by atoms with van der Waals surface area (Å²) >= 11 is 5.78. The van der Waals surface area contributed by atoms with E-state index in [1.165, 1.54) is 4.90 Å². The number of carbonyl (C=O) groups is 2. The number of likely N-dealkylation sites (tertiary alicyclic amines) is 1. The number of halogens is 1. The van der Waals surface area contributed by atoms with Crippen LogP contribution < -0.4 is 0 Å². The van der Waals surface area contributed by atoms with Gasteiger partial charge in [0, 0.05) is 6.54 Å². The van der Waals surface area contributed by atoms with E-state index in [2.05, 4.69) is 4.98 Å². The van der Waals surface area contributed by atoms with E-state index < -0.39 is 17.4 Å². The van der Waals surface area contributed by atoms with Crippen molar-refractivity contribution in [1.82, 2.24) is 9.88 Å². The van der Waals surface area contributed by atoms with Crippen LogP contribution in [0.15, 0.2) is 18.2 Å². The molecule has 1 unspecified atom stereocenters. The fourth-order valence-electron chi connectivity index (χ4n) is 2.75. The monoisotopic (exact) mass is 296 g/mol. The highest BCUT2D eigenvalue weighted by Crippen LogP contribution is 2.35. The first kappa shape index (κ1) is 14.8. The zero-order valence-electron chi connectivity index (χ0n) is 11.5. The standard InChI is InChI=1S/C14H17ClN2O3/c1-14(2)7-4-8-17(11(14)13(19)20)12(18)9-5-3-6-10(15)16-9/h3,5-6,11H,4,7-8H2,1-2H3,(H,19,20). The zero-order chi connectivity index (χ0) is 14.9. The number of carboxylic acids is 1. The van der Waals surface area contributed by atoms with Crippen LogP contribution >= 0.6 is 11.6 Å². The summed E-state index contributed by atoms with van der Waals surface area (Å²) in [6, 6.07) is 3.92. The number of nitrogens with zero attached hydrogens (tertiary/aromatic N) is 2. The van der Waals surface area contributed by atoms with Crippen molar-refractivity contribution < 1.29 is 14.7 Å². The van der Waals surface area contributed by atoms with Crippen molar-refractivity contribution >= 4 is 23.5 Å². The minimum atomic E-state index is -0.981. The number of amides is 1. The van der Waals surface area contributed by atoms with E-state index in [1.807, 2.05) is 13.8 Å². The molecule has 1 N–H and O–H groups in total. The molecule has 0 aliphatic carbocycles. The molecule has 20 heavy (non-hydrogen) atoms. The van der Waals surface area contributed by atoms with Gasteiger partial charge < -0.3 is 10.0 Å². The molecule has 5 nitrogen and oxygen atoms in total. The largest absolute Gasteiger partial charge is 0.480 e. The van der Waals surface area contributed by atoms with Gasteiger partial charge in [-0.15, -0.1) is 0 Å². The fraction of sp³-hybridized carbons (Fsp3) is 0.500. The second-order valence-corrected chi connectivity index (χ2v) is 6.06. The van der Waals surface area contributed by atoms with Crippen LogP contribution in [0.25, 0.3) is 0 Å². The van der Waals surface area contributed by atoms with Crippen molar-refractivity contribution in [3.63, 3.8) is 0 Å². The van der Waals surface area contributed by atoms with Crippen LogP contribution in [0.3, 0.4) is 0 Å². The second-order valence-electron chi connectivity index (χ2n) is 5.68. The van der Waals surface area contributed by atoms with Crippen molar-refractivity contribution in [3.05, 3.63) is 29.0 Å². The Hall–Kier alpha value is -1.62. The minimum Gasteiger partial charge on any atom is -0.480 e. The van der Waals surface area contributed by atoms with E-state index in [0.29, 0.717) is 6.54 Å². The first-order valence-corrected chi connectivity index (χ1v) is 6.87. The third-order valence-corrected chi connectivity index (χ3v) is 3.91. The number of aliphatic carboxylic acids is 1. The molecular formula is C14H17ClN2O3. The summed E-state index contributed by atoms with van der Waals surface area (Å²) < 4.78 is 0. The van der Waals surface area contributed by atoms with Crippen LogP contribution in [0.1, 0.15) is 37.2 Å². The maximum Gasteiger partial charge on any atom is 0.326 e. The van der Waals surface area contributed by atoms with Gasteiger partial charge in [0.25, 0.3) is 5.91 Å². The number of pyridine rings is 1. The first-order chi connectivity index (χ1) is 9.33. The molecule has 0 saturated carbocycles. The molecule has 108 valence electrons. The average molecular weight is 297 g/mol. The van der Waals surface area contributed by atoms with Gasteiger partial charge in [-0.1, -0.05) is 31.5 Å². The van der Waals surface area contributed by atoms with Gasteiger partial charge in [0.05, 0.1) is 0 Å². The molecule has 1 aromatic rings. The molecule has 2 rings (SSSR count). The van der Waals surface area contributed by atoms with E-state index in [1.54, 1.807) is 18.2 Å². The number of carbonyl (C=O) groups excluding carboxylic acids is 1. The lowest BCUT2D eigenvalue weighted by atomic mass is 9.76. The Labute approximate surface area is 122 Å². The van der Waals surface area contributed by atoms with Crippen LogP contribution in [0, 0.1) is 5.41 Å². The fourth-order valence-corrected chi connectivity index (χ4v) is 2.92. The number of rotatable bonds is 2. The van der Waals surface area contributed by atoms with E-state index in [-0.39, 0.29) is 16.8 Å². The van der Waals surface area contributed by atoms with Crippen LogP contribution in [-0.4, -0.2) is 39.5 Å². The lowest BCUT2D eigenvalue weighted by Crippen LogP contribution is -2.56. The molecule has 1 saturated heterocycles. The van der Waals surface area contributed by atoms with Gasteiger partial charge in [-0.05, 0) is 30.4 Å². The molecule has 1 fully saturated rings. The van der Waals surface area contributed by atoms with Crippen molar-refractivity contribution in [1.29, 1.82) is 0 Å². The number of hydrogen-bond donors (Lipinski definition) is 1. The molecule has 1 aromatic heterocycles. The molecule has 1 aliphatic rings. The molecule has 0 spiro atoms. The van der Waals surface area contributed by atoms with Gasteiger partial charge in [-0.2, -0.15) is 0 Å². The predicted octanol–water partition coefficient (Wildman–Crippen LogP) is 2.45. The smallest absolute Gasteiger partial charge is 0.326 e. The third-order valence-electron chi connectivity index (χ3n) is 3.70. The summed E-state index contributed by atoms with van der Waals surface area (Å²) in [4.78, 5) is 29.4. The summed E-state index contributed by atoms with van der Waals surface area (Å²) in [7, 11) is 0. The van der Waals surface area contributed by atoms with E-state index >= 15 is 0 Å². The SMILES string of the molecule is CC1(C)CCCN(C(=O)c2cccc(Cl)n2)C1C(=O)O. The molecule has 1 atom stereocenters. The van der Waals surface area contributed by atoms with Gasteiger partial charge in [-0.25, -0.2) is 9.78 Å². The Balaban J connectivity index is 2.34. The number of carboxylic acid groups (broad SMARTS) is 1. The normalized spacial score (nSPS) is 21.6. The van der Waals surface area contributed by atoms with Gasteiger partial charge in [-0.3, -0.25) is 4.79 Å². The van der Waals surface area contributed by atoms with Gasteiger partial charge in [0.2, 0.25) is 0 Å². The summed E-state index contributed by atoms with van der Waals surface area (Å²) in [6.07, 6.45) is 1.56. The number of aromatic nitrogens is 1. The molecule has 0 radical (unpaired) electrons. The van der Waals surface area contributed by atoms with Crippen molar-refractivity contribution in [3.8, 4) is 0 Å². The summed E-state index contributed by atoms with van der Waals surface area (Å²) in [6.45, 7) is 4.17. The maximum absolute atomic E-state index is 12.5. The molecule has 0 bridgehead atoms. The Morgan fingerprint density at radius 3 is 2.75 bits per heavy atom. The van der Waals surface area contributed by atoms with Crippen molar-refractivity contribution in [2.45, 2.75) is 32.7 Å². The Kier molecular flexibility index (Phi) is 3.99. The Bertz CT molecular complexity index is 545. The van der Waals surface area contributed by atoms with Gasteiger partial charge in [0.1, 0.15) is 16.9 Å². The molecule has 1 aliphatic heterocycles. The number of piperidine rings is 1. The summed E-state index contributed by atoms with van der Waals surface area (Å²) in [5, 5.41) is 9.68. The Morgan fingerprint density at radius 1 is 1.45 bits per heavy atom. The minimum absolute atomic E-state index is 0.182. The number of hydrogen-bond acceptors (Lipinski definition) is 3. The quantitative estimate of drug-likeness (QED) is 0.851. The Morgan fingerprint density at radius 2 is 2.15 bits per heavy atom. The van der Waals surface area contributed by atoms with Crippen LogP contribution in [0.5, 0.6) is 0 Å². The van der Waals surface area contributed by atoms with E-state index in [0.717, 1.165) is 12.8 Å². The highest BCUT2D eigenvalue weighted by Gasteiger charge is 2.44. The maximum atomic E-state index is 12.5. The molecule has 6 heteroatoms. The van der Waals surface area contributed by atoms with Gasteiger partial charge >= 0.3 is 5.97 Å². The first-order valence-electron chi connectivity index (χ1n) is 6.49. The van der Waals surface area contributed by atoms with Crippen molar-refractivity contribution in [2.24, 2.45) is 5.41 Å². The highest BCUT2D eigenvalue weighted by molar-refractivity contribution is 6.29. The van der Waals surface area contributed by atoms with Crippen molar-refractivity contribution in [2.75, 3.05) is 6.54 Å². The summed E-state index contributed by atoms with van der Waals surface area (Å²) in [5.41, 5.74) is -0.278.